The highest BCUT2D eigenvalue weighted by atomic mass is 35.5. The number of benzene rings is 1. The number of carbonyl (C=O) groups excluding carboxylic acids is 2. The largest absolute Gasteiger partial charge is 0.378 e. The number of amides is 2. The van der Waals surface area contributed by atoms with Crippen LogP contribution in [-0.4, -0.2) is 48.1 Å². The van der Waals surface area contributed by atoms with Crippen LogP contribution in [0.2, 0.25) is 5.02 Å². The Balaban J connectivity index is 2.14. The van der Waals surface area contributed by atoms with E-state index in [-0.39, 0.29) is 17.9 Å². The molecule has 1 aromatic rings. The third kappa shape index (κ3) is 3.84. The standard InChI is InChI=1S/C20H30ClN3O3/c1-6-24(7-2)17(25)14-10-9-13(11-15(14)21)23-18(26)20(22)12-16(27-8-3)19(20,4)5/h9-11,16H,6-8,12,22H2,1-5H3,(H,23,26). The van der Waals surface area contributed by atoms with E-state index in [1.165, 1.54) is 0 Å². The monoisotopic (exact) mass is 395 g/mol. The van der Waals surface area contributed by atoms with Gasteiger partial charge in [0.05, 0.1) is 16.7 Å². The number of anilines is 1. The van der Waals surface area contributed by atoms with Gasteiger partial charge in [0.1, 0.15) is 5.54 Å². The zero-order valence-electron chi connectivity index (χ0n) is 16.8. The van der Waals surface area contributed by atoms with Gasteiger partial charge in [-0.25, -0.2) is 0 Å². The number of halogens is 1. The van der Waals surface area contributed by atoms with E-state index in [1.54, 1.807) is 23.1 Å². The van der Waals surface area contributed by atoms with Crippen LogP contribution in [0.3, 0.4) is 0 Å². The highest BCUT2D eigenvalue weighted by Crippen LogP contribution is 2.50. The predicted molar refractivity (Wildman–Crippen MR) is 108 cm³/mol. The van der Waals surface area contributed by atoms with Crippen LogP contribution in [0.25, 0.3) is 0 Å². The molecule has 0 bridgehead atoms. The summed E-state index contributed by atoms with van der Waals surface area (Å²) < 4.78 is 5.67. The molecule has 1 saturated carbocycles. The Morgan fingerprint density at radius 3 is 2.41 bits per heavy atom. The lowest BCUT2D eigenvalue weighted by molar-refractivity contribution is -0.166. The maximum atomic E-state index is 12.8. The Kier molecular flexibility index (Phi) is 6.55. The van der Waals surface area contributed by atoms with Gasteiger partial charge >= 0.3 is 0 Å². The summed E-state index contributed by atoms with van der Waals surface area (Å²) in [5, 5.41) is 3.14. The van der Waals surface area contributed by atoms with Gasteiger partial charge in [-0.1, -0.05) is 25.4 Å². The molecule has 2 unspecified atom stereocenters. The lowest BCUT2D eigenvalue weighted by Crippen LogP contribution is -2.74. The fraction of sp³-hybridized carbons (Fsp3) is 0.600. The summed E-state index contributed by atoms with van der Waals surface area (Å²) in [7, 11) is 0. The van der Waals surface area contributed by atoms with E-state index in [0.29, 0.717) is 42.4 Å². The molecule has 0 spiro atoms. The fourth-order valence-electron chi connectivity index (χ4n) is 3.51. The zero-order chi connectivity index (χ0) is 20.4. The number of rotatable bonds is 7. The van der Waals surface area contributed by atoms with Crippen LogP contribution in [0.5, 0.6) is 0 Å². The molecule has 0 radical (unpaired) electrons. The summed E-state index contributed by atoms with van der Waals surface area (Å²) in [5.41, 5.74) is 5.84. The average Bonchev–Trinajstić information content (AvgIpc) is 2.62. The van der Waals surface area contributed by atoms with Crippen LogP contribution in [0.1, 0.15) is 51.4 Å². The van der Waals surface area contributed by atoms with E-state index in [0.717, 1.165) is 0 Å². The molecule has 1 aliphatic carbocycles. The van der Waals surface area contributed by atoms with Gasteiger partial charge < -0.3 is 20.7 Å². The molecule has 2 rings (SSSR count). The van der Waals surface area contributed by atoms with E-state index < -0.39 is 11.0 Å². The van der Waals surface area contributed by atoms with Crippen molar-refractivity contribution in [2.45, 2.75) is 52.7 Å². The minimum Gasteiger partial charge on any atom is -0.378 e. The van der Waals surface area contributed by atoms with Crippen LogP contribution in [0.4, 0.5) is 5.69 Å². The second-order valence-corrected chi connectivity index (χ2v) is 7.87. The van der Waals surface area contributed by atoms with Crippen LogP contribution in [-0.2, 0) is 9.53 Å². The average molecular weight is 396 g/mol. The van der Waals surface area contributed by atoms with Gasteiger partial charge in [0, 0.05) is 37.2 Å². The fourth-order valence-corrected chi connectivity index (χ4v) is 3.77. The van der Waals surface area contributed by atoms with Crippen molar-refractivity contribution >= 4 is 29.1 Å². The van der Waals surface area contributed by atoms with Crippen LogP contribution < -0.4 is 11.1 Å². The van der Waals surface area contributed by atoms with Crippen molar-refractivity contribution in [3.63, 3.8) is 0 Å². The van der Waals surface area contributed by atoms with E-state index >= 15 is 0 Å². The Labute approximate surface area is 166 Å². The van der Waals surface area contributed by atoms with Crippen molar-refractivity contribution in [1.29, 1.82) is 0 Å². The predicted octanol–water partition coefficient (Wildman–Crippen LogP) is 3.29. The molecule has 1 aromatic carbocycles. The molecular weight excluding hydrogens is 366 g/mol. The molecule has 2 amide bonds. The lowest BCUT2D eigenvalue weighted by atomic mass is 9.54. The highest BCUT2D eigenvalue weighted by molar-refractivity contribution is 6.34. The van der Waals surface area contributed by atoms with Gasteiger partial charge in [0.2, 0.25) is 5.91 Å². The van der Waals surface area contributed by atoms with Gasteiger partial charge in [-0.3, -0.25) is 9.59 Å². The van der Waals surface area contributed by atoms with E-state index in [4.69, 9.17) is 22.1 Å². The van der Waals surface area contributed by atoms with Crippen molar-refractivity contribution in [1.82, 2.24) is 4.90 Å². The first-order chi connectivity index (χ1) is 12.6. The van der Waals surface area contributed by atoms with Crippen molar-refractivity contribution in [2.75, 3.05) is 25.0 Å². The van der Waals surface area contributed by atoms with Crippen molar-refractivity contribution in [3.05, 3.63) is 28.8 Å². The number of hydrogen-bond donors (Lipinski definition) is 2. The molecule has 6 nitrogen and oxygen atoms in total. The van der Waals surface area contributed by atoms with Gasteiger partial charge in [0.15, 0.2) is 0 Å². The summed E-state index contributed by atoms with van der Waals surface area (Å²) in [6.07, 6.45) is 0.419. The third-order valence-electron chi connectivity index (χ3n) is 5.74. The number of nitrogens with zero attached hydrogens (tertiary/aromatic N) is 1. The number of ether oxygens (including phenoxy) is 1. The smallest absolute Gasteiger partial charge is 0.255 e. The number of nitrogens with two attached hydrogens (primary N) is 1. The molecule has 1 aliphatic rings. The number of nitrogens with one attached hydrogen (secondary N) is 1. The van der Waals surface area contributed by atoms with Crippen molar-refractivity contribution < 1.29 is 14.3 Å². The second-order valence-electron chi connectivity index (χ2n) is 7.47. The van der Waals surface area contributed by atoms with Crippen LogP contribution >= 0.6 is 11.6 Å². The molecule has 0 saturated heterocycles. The topological polar surface area (TPSA) is 84.7 Å². The first-order valence-electron chi connectivity index (χ1n) is 9.43. The summed E-state index contributed by atoms with van der Waals surface area (Å²) in [5.74, 6) is -0.403. The zero-order valence-corrected chi connectivity index (χ0v) is 17.5. The Hall–Kier alpha value is -1.63. The number of hydrogen-bond acceptors (Lipinski definition) is 4. The normalized spacial score (nSPS) is 23.4. The lowest BCUT2D eigenvalue weighted by Gasteiger charge is -2.57. The number of carbonyl (C=O) groups is 2. The van der Waals surface area contributed by atoms with Crippen molar-refractivity contribution in [3.8, 4) is 0 Å². The molecule has 0 aliphatic heterocycles. The maximum Gasteiger partial charge on any atom is 0.255 e. The summed E-state index contributed by atoms with van der Waals surface area (Å²) in [4.78, 5) is 27.0. The summed E-state index contributed by atoms with van der Waals surface area (Å²) in [6.45, 7) is 11.4. The second kappa shape index (κ2) is 8.17. The molecular formula is C20H30ClN3O3. The Bertz CT molecular complexity index is 718. The first-order valence-corrected chi connectivity index (χ1v) is 9.80. The van der Waals surface area contributed by atoms with Gasteiger partial charge in [-0.2, -0.15) is 0 Å². The van der Waals surface area contributed by atoms with E-state index in [2.05, 4.69) is 5.32 Å². The molecule has 1 fully saturated rings. The third-order valence-corrected chi connectivity index (χ3v) is 6.06. The van der Waals surface area contributed by atoms with Gasteiger partial charge in [-0.05, 0) is 39.0 Å². The first kappa shape index (κ1) is 21.7. The molecule has 7 heteroatoms. The van der Waals surface area contributed by atoms with Gasteiger partial charge in [0.25, 0.3) is 5.91 Å². The summed E-state index contributed by atoms with van der Waals surface area (Å²) >= 11 is 6.30. The van der Waals surface area contributed by atoms with E-state index in [1.807, 2.05) is 34.6 Å². The maximum absolute atomic E-state index is 12.8. The van der Waals surface area contributed by atoms with Crippen LogP contribution in [0.15, 0.2) is 18.2 Å². The molecule has 27 heavy (non-hydrogen) atoms. The Morgan fingerprint density at radius 2 is 1.93 bits per heavy atom. The summed E-state index contributed by atoms with van der Waals surface area (Å²) in [6, 6.07) is 4.90. The molecule has 2 atom stereocenters. The van der Waals surface area contributed by atoms with Gasteiger partial charge in [-0.15, -0.1) is 0 Å². The van der Waals surface area contributed by atoms with Crippen molar-refractivity contribution in [2.24, 2.45) is 11.1 Å². The van der Waals surface area contributed by atoms with E-state index in [9.17, 15) is 9.59 Å². The molecule has 3 N–H and O–H groups in total. The minimum absolute atomic E-state index is 0.0455. The highest BCUT2D eigenvalue weighted by Gasteiger charge is 2.62. The Morgan fingerprint density at radius 1 is 1.30 bits per heavy atom. The molecule has 150 valence electrons. The quantitative estimate of drug-likeness (QED) is 0.741. The minimum atomic E-state index is -1.02. The van der Waals surface area contributed by atoms with Crippen LogP contribution in [0, 0.1) is 5.41 Å². The SMILES string of the molecule is CCOC1CC(N)(C(=O)Nc2ccc(C(=O)N(CC)CC)c(Cl)c2)C1(C)C. The molecule has 0 heterocycles. The molecule has 0 aromatic heterocycles.